The molecule has 20 heavy (non-hydrogen) atoms. The third-order valence-electron chi connectivity index (χ3n) is 4.85. The zero-order chi connectivity index (χ0) is 14.8. The van der Waals surface area contributed by atoms with Gasteiger partial charge in [0.2, 0.25) is 5.91 Å². The van der Waals surface area contributed by atoms with E-state index in [1.54, 1.807) is 6.92 Å². The number of carboxylic acids is 1. The van der Waals surface area contributed by atoms with Crippen LogP contribution in [0.4, 0.5) is 0 Å². The lowest BCUT2D eigenvalue weighted by Crippen LogP contribution is -2.47. The number of carbonyl (C=O) groups excluding carboxylic acids is 1. The van der Waals surface area contributed by atoms with Crippen LogP contribution in [0.25, 0.3) is 0 Å². The van der Waals surface area contributed by atoms with Crippen LogP contribution in [0, 0.1) is 5.41 Å². The summed E-state index contributed by atoms with van der Waals surface area (Å²) >= 11 is 0. The highest BCUT2D eigenvalue weighted by atomic mass is 16.4. The van der Waals surface area contributed by atoms with Gasteiger partial charge >= 0.3 is 5.97 Å². The molecule has 0 bridgehead atoms. The first-order valence-electron chi connectivity index (χ1n) is 7.71. The molecule has 2 atom stereocenters. The molecule has 0 aromatic heterocycles. The smallest absolute Gasteiger partial charge is 0.310 e. The molecule has 2 fully saturated rings. The van der Waals surface area contributed by atoms with Crippen molar-refractivity contribution in [2.75, 3.05) is 26.2 Å². The first-order valence-corrected chi connectivity index (χ1v) is 7.71. The molecule has 114 valence electrons. The highest BCUT2D eigenvalue weighted by Crippen LogP contribution is 2.30. The van der Waals surface area contributed by atoms with Gasteiger partial charge in [-0.3, -0.25) is 14.5 Å². The molecule has 2 saturated heterocycles. The Kier molecular flexibility index (Phi) is 4.68. The third kappa shape index (κ3) is 3.14. The lowest BCUT2D eigenvalue weighted by Gasteiger charge is -2.36. The maximum atomic E-state index is 12.4. The van der Waals surface area contributed by atoms with Gasteiger partial charge < -0.3 is 10.0 Å². The van der Waals surface area contributed by atoms with Crippen molar-refractivity contribution in [2.24, 2.45) is 5.41 Å². The van der Waals surface area contributed by atoms with Gasteiger partial charge in [0.15, 0.2) is 0 Å². The van der Waals surface area contributed by atoms with E-state index in [4.69, 9.17) is 0 Å². The summed E-state index contributed by atoms with van der Waals surface area (Å²) in [5.41, 5.74) is -0.688. The number of nitrogens with zero attached hydrogens (tertiary/aromatic N) is 2. The van der Waals surface area contributed by atoms with E-state index >= 15 is 0 Å². The van der Waals surface area contributed by atoms with Crippen LogP contribution in [-0.2, 0) is 9.59 Å². The van der Waals surface area contributed by atoms with Gasteiger partial charge in [0.25, 0.3) is 0 Å². The summed E-state index contributed by atoms with van der Waals surface area (Å²) in [5.74, 6) is -0.581. The van der Waals surface area contributed by atoms with Gasteiger partial charge in [-0.25, -0.2) is 0 Å². The van der Waals surface area contributed by atoms with Crippen molar-refractivity contribution in [1.29, 1.82) is 0 Å². The van der Waals surface area contributed by atoms with E-state index in [2.05, 4.69) is 6.92 Å². The molecule has 5 nitrogen and oxygen atoms in total. The van der Waals surface area contributed by atoms with Gasteiger partial charge in [-0.15, -0.1) is 0 Å². The fourth-order valence-electron chi connectivity index (χ4n) is 3.40. The topological polar surface area (TPSA) is 60.9 Å². The quantitative estimate of drug-likeness (QED) is 0.850. The maximum absolute atomic E-state index is 12.4. The van der Waals surface area contributed by atoms with Crippen molar-refractivity contribution in [3.8, 4) is 0 Å². The summed E-state index contributed by atoms with van der Waals surface area (Å²) in [5, 5.41) is 9.23. The average molecular weight is 282 g/mol. The number of carbonyl (C=O) groups is 2. The Morgan fingerprint density at radius 1 is 1.30 bits per heavy atom. The Labute approximate surface area is 120 Å². The number of amides is 1. The van der Waals surface area contributed by atoms with Crippen molar-refractivity contribution in [2.45, 2.75) is 52.0 Å². The molecule has 2 unspecified atom stereocenters. The van der Waals surface area contributed by atoms with E-state index in [9.17, 15) is 14.7 Å². The molecule has 2 heterocycles. The lowest BCUT2D eigenvalue weighted by molar-refractivity contribution is -0.147. The number of piperidine rings is 1. The molecule has 1 amide bonds. The predicted octanol–water partition coefficient (Wildman–Crippen LogP) is 1.57. The molecule has 2 aliphatic rings. The van der Waals surface area contributed by atoms with Crippen molar-refractivity contribution < 1.29 is 14.7 Å². The molecule has 0 radical (unpaired) electrons. The second-order valence-electron chi connectivity index (χ2n) is 6.47. The Morgan fingerprint density at radius 3 is 2.65 bits per heavy atom. The Hall–Kier alpha value is -1.10. The van der Waals surface area contributed by atoms with Crippen LogP contribution in [-0.4, -0.2) is 59.0 Å². The number of carboxylic acid groups (broad SMARTS) is 1. The molecule has 0 aliphatic carbocycles. The van der Waals surface area contributed by atoms with Gasteiger partial charge in [-0.05, 0) is 45.6 Å². The van der Waals surface area contributed by atoms with E-state index in [1.807, 2.05) is 9.80 Å². The van der Waals surface area contributed by atoms with Crippen LogP contribution in [0.15, 0.2) is 0 Å². The molecular formula is C15H26N2O3. The first kappa shape index (κ1) is 15.3. The third-order valence-corrected chi connectivity index (χ3v) is 4.85. The number of hydrogen-bond donors (Lipinski definition) is 1. The first-order chi connectivity index (χ1) is 9.46. The molecule has 2 rings (SSSR count). The van der Waals surface area contributed by atoms with Gasteiger partial charge in [-0.1, -0.05) is 6.92 Å². The van der Waals surface area contributed by atoms with Gasteiger partial charge in [0.1, 0.15) is 0 Å². The average Bonchev–Trinajstić information content (AvgIpc) is 2.81. The minimum Gasteiger partial charge on any atom is -0.481 e. The van der Waals surface area contributed by atoms with Gasteiger partial charge in [-0.2, -0.15) is 0 Å². The van der Waals surface area contributed by atoms with Gasteiger partial charge in [0.05, 0.1) is 12.0 Å². The lowest BCUT2D eigenvalue weighted by atomic mass is 9.90. The summed E-state index contributed by atoms with van der Waals surface area (Å²) in [4.78, 5) is 27.7. The van der Waals surface area contributed by atoms with E-state index in [0.717, 1.165) is 25.8 Å². The van der Waals surface area contributed by atoms with Crippen LogP contribution in [0.3, 0.4) is 0 Å². The van der Waals surface area contributed by atoms with Crippen LogP contribution in [0.1, 0.15) is 46.0 Å². The fraction of sp³-hybridized carbons (Fsp3) is 0.867. The van der Waals surface area contributed by atoms with Crippen molar-refractivity contribution in [3.63, 3.8) is 0 Å². The fourth-order valence-corrected chi connectivity index (χ4v) is 3.40. The zero-order valence-corrected chi connectivity index (χ0v) is 12.6. The summed E-state index contributed by atoms with van der Waals surface area (Å²) in [7, 11) is 0. The second kappa shape index (κ2) is 6.12. The predicted molar refractivity (Wildman–Crippen MR) is 76.4 cm³/mol. The Balaban J connectivity index is 1.90. The number of likely N-dealkylation sites (tertiary alicyclic amines) is 2. The molecular weight excluding hydrogens is 256 g/mol. The van der Waals surface area contributed by atoms with Crippen molar-refractivity contribution in [3.05, 3.63) is 0 Å². The van der Waals surface area contributed by atoms with Crippen molar-refractivity contribution >= 4 is 11.9 Å². The molecule has 5 heteroatoms. The maximum Gasteiger partial charge on any atom is 0.310 e. The van der Waals surface area contributed by atoms with E-state index in [1.165, 1.54) is 6.42 Å². The van der Waals surface area contributed by atoms with E-state index < -0.39 is 11.4 Å². The van der Waals surface area contributed by atoms with E-state index in [-0.39, 0.29) is 5.91 Å². The molecule has 0 spiro atoms. The van der Waals surface area contributed by atoms with Crippen LogP contribution >= 0.6 is 0 Å². The normalized spacial score (nSPS) is 31.5. The summed E-state index contributed by atoms with van der Waals surface area (Å²) in [6, 6.07) is 0.379. The number of rotatable bonds is 4. The molecule has 0 aromatic carbocycles. The number of hydrogen-bond acceptors (Lipinski definition) is 3. The van der Waals surface area contributed by atoms with Gasteiger partial charge in [0, 0.05) is 19.1 Å². The van der Waals surface area contributed by atoms with Crippen LogP contribution in [0.5, 0.6) is 0 Å². The second-order valence-corrected chi connectivity index (χ2v) is 6.47. The Bertz CT molecular complexity index is 385. The minimum atomic E-state index is -0.753. The monoisotopic (exact) mass is 282 g/mol. The molecule has 1 N–H and O–H groups in total. The highest BCUT2D eigenvalue weighted by Gasteiger charge is 2.41. The van der Waals surface area contributed by atoms with Crippen LogP contribution < -0.4 is 0 Å². The number of aliphatic carboxylic acids is 1. The largest absolute Gasteiger partial charge is 0.481 e. The minimum absolute atomic E-state index is 0.172. The zero-order valence-electron chi connectivity index (χ0n) is 12.6. The summed E-state index contributed by atoms with van der Waals surface area (Å²) < 4.78 is 0. The van der Waals surface area contributed by atoms with Crippen LogP contribution in [0.2, 0.25) is 0 Å². The highest BCUT2D eigenvalue weighted by molar-refractivity contribution is 5.79. The van der Waals surface area contributed by atoms with E-state index in [0.29, 0.717) is 32.1 Å². The Morgan fingerprint density at radius 2 is 2.05 bits per heavy atom. The van der Waals surface area contributed by atoms with Crippen molar-refractivity contribution in [1.82, 2.24) is 9.80 Å². The molecule has 2 aliphatic heterocycles. The summed E-state index contributed by atoms with van der Waals surface area (Å²) in [6.07, 6.45) is 5.05. The summed E-state index contributed by atoms with van der Waals surface area (Å²) in [6.45, 7) is 6.34. The SMILES string of the molecule is CCC1CCCCN1C(=O)CN1CCC(C)(C(=O)O)C1. The standard InChI is InChI=1S/C15H26N2O3/c1-3-12-6-4-5-8-17(12)13(18)10-16-9-7-15(2,11-16)14(19)20/h12H,3-11H2,1-2H3,(H,19,20). The molecule has 0 aromatic rings. The molecule has 0 saturated carbocycles.